The molecular formula is C13H15F3N4OS. The molecule has 1 heterocycles. The molecule has 0 aliphatic carbocycles. The molecule has 5 nitrogen and oxygen atoms in total. The molecule has 0 saturated carbocycles. The van der Waals surface area contributed by atoms with E-state index in [9.17, 15) is 13.2 Å². The van der Waals surface area contributed by atoms with Gasteiger partial charge in [0.2, 0.25) is 0 Å². The molecule has 2 rings (SSSR count). The first-order valence-electron chi connectivity index (χ1n) is 6.47. The van der Waals surface area contributed by atoms with Crippen molar-refractivity contribution >= 4 is 11.8 Å². The van der Waals surface area contributed by atoms with Crippen molar-refractivity contribution in [1.29, 1.82) is 0 Å². The lowest BCUT2D eigenvalue weighted by Crippen LogP contribution is -2.30. The van der Waals surface area contributed by atoms with E-state index in [2.05, 4.69) is 15.5 Å². The molecule has 0 radical (unpaired) electrons. The van der Waals surface area contributed by atoms with Crippen molar-refractivity contribution in [3.63, 3.8) is 0 Å². The maximum Gasteiger partial charge on any atom is 0.415 e. The van der Waals surface area contributed by atoms with Crippen molar-refractivity contribution in [2.45, 2.75) is 31.9 Å². The van der Waals surface area contributed by atoms with Gasteiger partial charge in [0, 0.05) is 5.75 Å². The van der Waals surface area contributed by atoms with Gasteiger partial charge in [-0.15, -0.1) is 5.10 Å². The van der Waals surface area contributed by atoms with Crippen LogP contribution in [0, 0.1) is 13.8 Å². The van der Waals surface area contributed by atoms with E-state index in [1.165, 1.54) is 4.68 Å². The number of alkyl halides is 3. The third kappa shape index (κ3) is 3.77. The number of aliphatic hydroxyl groups excluding tert-OH is 1. The van der Waals surface area contributed by atoms with Crippen LogP contribution in [0.1, 0.15) is 17.0 Å². The predicted molar refractivity (Wildman–Crippen MR) is 76.9 cm³/mol. The molecule has 120 valence electrons. The van der Waals surface area contributed by atoms with Crippen LogP contribution >= 0.6 is 11.8 Å². The first-order valence-corrected chi connectivity index (χ1v) is 7.62. The van der Waals surface area contributed by atoms with Crippen LogP contribution in [0.5, 0.6) is 0 Å². The minimum Gasteiger partial charge on any atom is -0.383 e. The summed E-state index contributed by atoms with van der Waals surface area (Å²) in [5, 5.41) is 20.3. The number of halogens is 3. The Morgan fingerprint density at radius 2 is 1.91 bits per heavy atom. The van der Waals surface area contributed by atoms with Crippen molar-refractivity contribution in [3.05, 3.63) is 35.2 Å². The summed E-state index contributed by atoms with van der Waals surface area (Å²) >= 11 is 0.933. The number of hydrogen-bond donors (Lipinski definition) is 1. The minimum absolute atomic E-state index is 0.175. The van der Waals surface area contributed by atoms with Gasteiger partial charge in [-0.1, -0.05) is 18.2 Å². The molecule has 0 saturated heterocycles. The van der Waals surface area contributed by atoms with E-state index in [1.54, 1.807) is 0 Å². The molecule has 1 aromatic carbocycles. The van der Waals surface area contributed by atoms with Gasteiger partial charge in [-0.25, -0.2) is 0 Å². The number of thioether (sulfide) groups is 1. The number of nitrogens with zero attached hydrogens (tertiary/aromatic N) is 4. The maximum atomic E-state index is 12.3. The quantitative estimate of drug-likeness (QED) is 0.911. The Balaban J connectivity index is 2.11. The number of aromatic nitrogens is 4. The summed E-state index contributed by atoms with van der Waals surface area (Å²) in [6.45, 7) is 3.82. The fraction of sp³-hybridized carbons (Fsp3) is 0.462. The smallest absolute Gasteiger partial charge is 0.383 e. The average Bonchev–Trinajstić information content (AvgIpc) is 2.85. The van der Waals surface area contributed by atoms with Gasteiger partial charge < -0.3 is 5.11 Å². The van der Waals surface area contributed by atoms with Crippen LogP contribution in [0.4, 0.5) is 13.2 Å². The first-order chi connectivity index (χ1) is 10.3. The Morgan fingerprint density at radius 1 is 1.27 bits per heavy atom. The number of rotatable bonds is 5. The van der Waals surface area contributed by atoms with Crippen molar-refractivity contribution < 1.29 is 18.3 Å². The van der Waals surface area contributed by atoms with E-state index in [1.807, 2.05) is 32.0 Å². The van der Waals surface area contributed by atoms with Crippen molar-refractivity contribution in [1.82, 2.24) is 20.2 Å². The first kappa shape index (κ1) is 16.8. The standard InChI is InChI=1S/C13H15F3N4OS/c1-8-4-3-5-9(2)12(8)20-11(17-18-19-20)7-22-6-10(21)13(14,15)16/h3-5,10,21H,6-7H2,1-2H3/t10-/m1/s1. The molecule has 0 amide bonds. The predicted octanol–water partition coefficient (Wildman–Crippen LogP) is 2.44. The zero-order valence-electron chi connectivity index (χ0n) is 12.0. The lowest BCUT2D eigenvalue weighted by atomic mass is 10.1. The van der Waals surface area contributed by atoms with Gasteiger partial charge in [0.05, 0.1) is 11.4 Å². The van der Waals surface area contributed by atoms with Crippen LogP contribution in [0.25, 0.3) is 5.69 Å². The fourth-order valence-electron chi connectivity index (χ4n) is 1.97. The Hall–Kier alpha value is -1.61. The van der Waals surface area contributed by atoms with Crippen LogP contribution in [0.3, 0.4) is 0 Å². The van der Waals surface area contributed by atoms with E-state index in [4.69, 9.17) is 5.11 Å². The summed E-state index contributed by atoms with van der Waals surface area (Å²) in [4.78, 5) is 0. The summed E-state index contributed by atoms with van der Waals surface area (Å²) in [6.07, 6.45) is -6.95. The Bertz CT molecular complexity index is 624. The van der Waals surface area contributed by atoms with Crippen molar-refractivity contribution in [2.24, 2.45) is 0 Å². The number of para-hydroxylation sites is 1. The van der Waals surface area contributed by atoms with Crippen LogP contribution in [-0.2, 0) is 5.75 Å². The van der Waals surface area contributed by atoms with Gasteiger partial charge >= 0.3 is 6.18 Å². The van der Waals surface area contributed by atoms with E-state index in [0.29, 0.717) is 5.82 Å². The lowest BCUT2D eigenvalue weighted by Gasteiger charge is -2.14. The SMILES string of the molecule is Cc1cccc(C)c1-n1nnnc1CSC[C@@H](O)C(F)(F)F. The molecule has 22 heavy (non-hydrogen) atoms. The maximum absolute atomic E-state index is 12.3. The zero-order chi connectivity index (χ0) is 16.3. The molecule has 1 atom stereocenters. The monoisotopic (exact) mass is 332 g/mol. The van der Waals surface area contributed by atoms with Gasteiger partial charge in [0.15, 0.2) is 11.9 Å². The molecule has 0 aliphatic heterocycles. The third-order valence-electron chi connectivity index (χ3n) is 3.07. The van der Waals surface area contributed by atoms with Gasteiger partial charge in [-0.05, 0) is 35.4 Å². The molecule has 1 N–H and O–H groups in total. The molecule has 9 heteroatoms. The lowest BCUT2D eigenvalue weighted by molar-refractivity contribution is -0.195. The van der Waals surface area contributed by atoms with Gasteiger partial charge in [0.1, 0.15) is 0 Å². The zero-order valence-corrected chi connectivity index (χ0v) is 12.8. The van der Waals surface area contributed by atoms with E-state index < -0.39 is 18.0 Å². The Morgan fingerprint density at radius 3 is 2.50 bits per heavy atom. The molecule has 0 bridgehead atoms. The van der Waals surface area contributed by atoms with E-state index in [0.717, 1.165) is 28.6 Å². The largest absolute Gasteiger partial charge is 0.415 e. The molecule has 0 fully saturated rings. The average molecular weight is 332 g/mol. The fourth-order valence-corrected chi connectivity index (χ4v) is 2.86. The highest BCUT2D eigenvalue weighted by molar-refractivity contribution is 7.98. The molecule has 0 aliphatic rings. The summed E-state index contributed by atoms with van der Waals surface area (Å²) in [5.74, 6) is 0.161. The number of aliphatic hydroxyl groups is 1. The molecule has 0 spiro atoms. The highest BCUT2D eigenvalue weighted by atomic mass is 32.2. The highest BCUT2D eigenvalue weighted by Crippen LogP contribution is 2.25. The number of tetrazole rings is 1. The summed E-state index contributed by atoms with van der Waals surface area (Å²) < 4.78 is 38.3. The summed E-state index contributed by atoms with van der Waals surface area (Å²) in [7, 11) is 0. The van der Waals surface area contributed by atoms with Gasteiger partial charge in [-0.2, -0.15) is 29.6 Å². The number of benzene rings is 1. The number of hydrogen-bond acceptors (Lipinski definition) is 5. The Kier molecular flexibility index (Phi) is 5.07. The van der Waals surface area contributed by atoms with Crippen molar-refractivity contribution in [2.75, 3.05) is 5.75 Å². The summed E-state index contributed by atoms with van der Waals surface area (Å²) in [5.41, 5.74) is 2.75. The van der Waals surface area contributed by atoms with Crippen LogP contribution in [0.2, 0.25) is 0 Å². The van der Waals surface area contributed by atoms with E-state index in [-0.39, 0.29) is 5.75 Å². The van der Waals surface area contributed by atoms with Crippen molar-refractivity contribution in [3.8, 4) is 5.69 Å². The minimum atomic E-state index is -4.61. The molecule has 0 unspecified atom stereocenters. The topological polar surface area (TPSA) is 63.8 Å². The molecule has 1 aromatic heterocycles. The number of aryl methyl sites for hydroxylation is 2. The second-order valence-electron chi connectivity index (χ2n) is 4.82. The van der Waals surface area contributed by atoms with Crippen LogP contribution < -0.4 is 0 Å². The Labute approximate surface area is 129 Å². The second-order valence-corrected chi connectivity index (χ2v) is 5.85. The molecule has 2 aromatic rings. The second kappa shape index (κ2) is 6.66. The van der Waals surface area contributed by atoms with Gasteiger partial charge in [-0.3, -0.25) is 0 Å². The normalized spacial score (nSPS) is 13.4. The molecular weight excluding hydrogens is 317 g/mol. The van der Waals surface area contributed by atoms with Gasteiger partial charge in [0.25, 0.3) is 0 Å². The van der Waals surface area contributed by atoms with Crippen LogP contribution in [-0.4, -0.2) is 43.3 Å². The van der Waals surface area contributed by atoms with Crippen LogP contribution in [0.15, 0.2) is 18.2 Å². The third-order valence-corrected chi connectivity index (χ3v) is 4.08. The van der Waals surface area contributed by atoms with E-state index >= 15 is 0 Å². The summed E-state index contributed by atoms with van der Waals surface area (Å²) in [6, 6.07) is 5.73. The highest BCUT2D eigenvalue weighted by Gasteiger charge is 2.37.